The van der Waals surface area contributed by atoms with Gasteiger partial charge in [-0.15, -0.1) is 0 Å². The second kappa shape index (κ2) is 5.81. The third-order valence-electron chi connectivity index (χ3n) is 3.91. The Morgan fingerprint density at radius 2 is 2.00 bits per heavy atom. The van der Waals surface area contributed by atoms with Crippen LogP contribution < -0.4 is 9.47 Å². The van der Waals surface area contributed by atoms with Crippen LogP contribution in [-0.2, 0) is 0 Å². The lowest BCUT2D eigenvalue weighted by molar-refractivity contribution is 0.328. The van der Waals surface area contributed by atoms with Crippen LogP contribution in [-0.4, -0.2) is 33.7 Å². The van der Waals surface area contributed by atoms with Gasteiger partial charge in [0.1, 0.15) is 12.0 Å². The highest BCUT2D eigenvalue weighted by Gasteiger charge is 2.11. The fourth-order valence-corrected chi connectivity index (χ4v) is 2.82. The Hall–Kier alpha value is -3.15. The van der Waals surface area contributed by atoms with Crippen molar-refractivity contribution in [1.29, 1.82) is 0 Å². The quantitative estimate of drug-likeness (QED) is 0.622. The lowest BCUT2D eigenvalue weighted by Crippen LogP contribution is -1.93. The Bertz CT molecular complexity index is 1030. The van der Waals surface area contributed by atoms with Gasteiger partial charge >= 0.3 is 0 Å². The molecule has 1 aromatic carbocycles. The number of aromatic nitrogens is 4. The largest absolute Gasteiger partial charge is 0.480 e. The van der Waals surface area contributed by atoms with E-state index in [-0.39, 0.29) is 0 Å². The van der Waals surface area contributed by atoms with Crippen molar-refractivity contribution >= 4 is 21.9 Å². The Morgan fingerprint density at radius 3 is 2.83 bits per heavy atom. The third kappa shape index (κ3) is 2.32. The Balaban J connectivity index is 1.86. The third-order valence-corrected chi connectivity index (χ3v) is 3.91. The van der Waals surface area contributed by atoms with Crippen LogP contribution in [0.3, 0.4) is 0 Å². The lowest BCUT2D eigenvalue weighted by Gasteiger charge is -2.06. The van der Waals surface area contributed by atoms with Crippen LogP contribution in [0.25, 0.3) is 33.1 Å². The molecule has 0 bridgehead atoms. The minimum Gasteiger partial charge on any atom is -0.480 e. The number of aromatic amines is 1. The molecule has 0 saturated carbocycles. The first-order chi connectivity index (χ1) is 11.8. The number of fused-ring (bicyclic) bond motifs is 2. The molecule has 0 saturated heterocycles. The van der Waals surface area contributed by atoms with Crippen LogP contribution in [0.1, 0.15) is 6.92 Å². The number of rotatable bonds is 4. The first-order valence-corrected chi connectivity index (χ1v) is 7.70. The van der Waals surface area contributed by atoms with E-state index in [1.807, 2.05) is 43.5 Å². The van der Waals surface area contributed by atoms with E-state index in [1.54, 1.807) is 7.11 Å². The van der Waals surface area contributed by atoms with E-state index in [9.17, 15) is 0 Å². The van der Waals surface area contributed by atoms with E-state index < -0.39 is 0 Å². The maximum atomic E-state index is 5.45. The van der Waals surface area contributed by atoms with Gasteiger partial charge in [0, 0.05) is 23.2 Å². The Labute approximate surface area is 138 Å². The zero-order valence-electron chi connectivity index (χ0n) is 13.4. The minimum absolute atomic E-state index is 0.568. The van der Waals surface area contributed by atoms with Gasteiger partial charge in [-0.1, -0.05) is 6.07 Å². The van der Waals surface area contributed by atoms with E-state index in [2.05, 4.69) is 19.9 Å². The molecule has 0 amide bonds. The number of benzene rings is 1. The molecule has 0 aliphatic rings. The van der Waals surface area contributed by atoms with Gasteiger partial charge in [0.2, 0.25) is 11.8 Å². The molecule has 6 heteroatoms. The topological polar surface area (TPSA) is 72.9 Å². The summed E-state index contributed by atoms with van der Waals surface area (Å²) in [7, 11) is 1.61. The number of hydrogen-bond acceptors (Lipinski definition) is 5. The fourth-order valence-electron chi connectivity index (χ4n) is 2.82. The minimum atomic E-state index is 0.568. The molecule has 0 radical (unpaired) electrons. The molecule has 0 unspecified atom stereocenters. The van der Waals surface area contributed by atoms with Gasteiger partial charge < -0.3 is 14.5 Å². The average Bonchev–Trinajstić information content (AvgIpc) is 3.04. The van der Waals surface area contributed by atoms with Crippen molar-refractivity contribution < 1.29 is 9.47 Å². The van der Waals surface area contributed by atoms with Crippen LogP contribution in [0.2, 0.25) is 0 Å². The van der Waals surface area contributed by atoms with Crippen molar-refractivity contribution in [2.75, 3.05) is 13.7 Å². The number of hydrogen-bond donors (Lipinski definition) is 1. The molecule has 0 aliphatic carbocycles. The highest BCUT2D eigenvalue weighted by atomic mass is 16.5. The molecule has 6 nitrogen and oxygen atoms in total. The SMILES string of the molecule is CCOc1ccc2c(-c3ccc4ncnc(OC)c4c3)c[nH]c2n1. The summed E-state index contributed by atoms with van der Waals surface area (Å²) in [6.45, 7) is 2.53. The number of methoxy groups -OCH3 is 1. The number of ether oxygens (including phenoxy) is 2. The maximum Gasteiger partial charge on any atom is 0.224 e. The number of pyridine rings is 1. The summed E-state index contributed by atoms with van der Waals surface area (Å²) in [5, 5.41) is 1.92. The summed E-state index contributed by atoms with van der Waals surface area (Å²) in [6.07, 6.45) is 3.45. The van der Waals surface area contributed by atoms with Gasteiger partial charge in [0.05, 0.1) is 24.6 Å². The zero-order chi connectivity index (χ0) is 16.5. The molecule has 0 fully saturated rings. The van der Waals surface area contributed by atoms with Gasteiger partial charge in [-0.3, -0.25) is 0 Å². The van der Waals surface area contributed by atoms with Crippen LogP contribution in [0.4, 0.5) is 0 Å². The first kappa shape index (κ1) is 14.4. The van der Waals surface area contributed by atoms with Gasteiger partial charge in [-0.2, -0.15) is 4.98 Å². The summed E-state index contributed by atoms with van der Waals surface area (Å²) < 4.78 is 10.8. The van der Waals surface area contributed by atoms with Crippen molar-refractivity contribution in [1.82, 2.24) is 19.9 Å². The van der Waals surface area contributed by atoms with E-state index in [1.165, 1.54) is 6.33 Å². The number of nitrogens with zero attached hydrogens (tertiary/aromatic N) is 3. The van der Waals surface area contributed by atoms with Crippen LogP contribution >= 0.6 is 0 Å². The zero-order valence-corrected chi connectivity index (χ0v) is 13.4. The predicted octanol–water partition coefficient (Wildman–Crippen LogP) is 3.58. The summed E-state index contributed by atoms with van der Waals surface area (Å²) in [4.78, 5) is 16.1. The van der Waals surface area contributed by atoms with E-state index in [4.69, 9.17) is 9.47 Å². The maximum absolute atomic E-state index is 5.45. The summed E-state index contributed by atoms with van der Waals surface area (Å²) >= 11 is 0. The normalized spacial score (nSPS) is 11.1. The Kier molecular flexibility index (Phi) is 3.49. The Morgan fingerprint density at radius 1 is 1.08 bits per heavy atom. The first-order valence-electron chi connectivity index (χ1n) is 7.70. The number of H-pyrrole nitrogens is 1. The average molecular weight is 320 g/mol. The molecular weight excluding hydrogens is 304 g/mol. The fraction of sp³-hybridized carbons (Fsp3) is 0.167. The monoisotopic (exact) mass is 320 g/mol. The van der Waals surface area contributed by atoms with Gasteiger partial charge in [-0.05, 0) is 30.7 Å². The lowest BCUT2D eigenvalue weighted by atomic mass is 10.0. The molecule has 1 N–H and O–H groups in total. The number of nitrogens with one attached hydrogen (secondary N) is 1. The molecule has 120 valence electrons. The van der Waals surface area contributed by atoms with E-state index in [0.29, 0.717) is 18.4 Å². The van der Waals surface area contributed by atoms with Crippen molar-refractivity contribution in [2.24, 2.45) is 0 Å². The van der Waals surface area contributed by atoms with Gasteiger partial charge in [0.15, 0.2) is 0 Å². The molecule has 4 rings (SSSR count). The predicted molar refractivity (Wildman–Crippen MR) is 92.3 cm³/mol. The van der Waals surface area contributed by atoms with Gasteiger partial charge in [0.25, 0.3) is 0 Å². The van der Waals surface area contributed by atoms with Crippen LogP contribution in [0.5, 0.6) is 11.8 Å². The van der Waals surface area contributed by atoms with Crippen LogP contribution in [0, 0.1) is 0 Å². The molecule has 4 aromatic rings. The molecule has 3 heterocycles. The molecular formula is C18H16N4O2. The summed E-state index contributed by atoms with van der Waals surface area (Å²) in [6, 6.07) is 9.94. The standard InChI is InChI=1S/C18H16N4O2/c1-3-24-16-7-5-12-14(9-19-17(12)22-16)11-4-6-15-13(8-11)18(23-2)21-10-20-15/h4-10H,3H2,1-2H3,(H,19,22). The highest BCUT2D eigenvalue weighted by Crippen LogP contribution is 2.32. The van der Waals surface area contributed by atoms with Crippen molar-refractivity contribution in [3.63, 3.8) is 0 Å². The van der Waals surface area contributed by atoms with Crippen molar-refractivity contribution in [2.45, 2.75) is 6.92 Å². The second-order valence-electron chi connectivity index (χ2n) is 5.30. The van der Waals surface area contributed by atoms with E-state index in [0.717, 1.165) is 33.1 Å². The molecule has 0 atom stereocenters. The second-order valence-corrected chi connectivity index (χ2v) is 5.30. The van der Waals surface area contributed by atoms with E-state index >= 15 is 0 Å². The smallest absolute Gasteiger partial charge is 0.224 e. The molecule has 0 aliphatic heterocycles. The summed E-state index contributed by atoms with van der Waals surface area (Å²) in [5.74, 6) is 1.19. The molecule has 3 aromatic heterocycles. The summed E-state index contributed by atoms with van der Waals surface area (Å²) in [5.41, 5.74) is 3.76. The van der Waals surface area contributed by atoms with Gasteiger partial charge in [-0.25, -0.2) is 9.97 Å². The van der Waals surface area contributed by atoms with Crippen molar-refractivity contribution in [3.8, 4) is 22.9 Å². The molecule has 24 heavy (non-hydrogen) atoms. The highest BCUT2D eigenvalue weighted by molar-refractivity contribution is 5.97. The molecule has 0 spiro atoms. The van der Waals surface area contributed by atoms with Crippen LogP contribution in [0.15, 0.2) is 42.9 Å². The van der Waals surface area contributed by atoms with Crippen molar-refractivity contribution in [3.05, 3.63) is 42.9 Å².